The van der Waals surface area contributed by atoms with Crippen LogP contribution < -0.4 is 34.0 Å². The van der Waals surface area contributed by atoms with Gasteiger partial charge in [-0.1, -0.05) is 0 Å². The van der Waals surface area contributed by atoms with Crippen LogP contribution in [0.25, 0.3) is 0 Å². The predicted molar refractivity (Wildman–Crippen MR) is 27.4 cm³/mol. The van der Waals surface area contributed by atoms with Gasteiger partial charge >= 0.3 is 23.1 Å². The van der Waals surface area contributed by atoms with E-state index in [4.69, 9.17) is 9.47 Å². The molecule has 0 aromatic carbocycles. The number of halogens is 2. The summed E-state index contributed by atoms with van der Waals surface area (Å²) in [7, 11) is 0. The zero-order chi connectivity index (χ0) is 4.24. The Balaban J connectivity index is -0.000000120. The monoisotopic (exact) mass is 270 g/mol. The van der Waals surface area contributed by atoms with Gasteiger partial charge in [-0.3, -0.25) is 0 Å². The molecule has 5 heteroatoms. The SMILES string of the molecule is C1COCCO1.[Br-].[Br-].[Mg+2]. The van der Waals surface area contributed by atoms with Gasteiger partial charge in [0.1, 0.15) is 0 Å². The van der Waals surface area contributed by atoms with Crippen molar-refractivity contribution >= 4 is 23.1 Å². The van der Waals surface area contributed by atoms with Crippen LogP contribution in [0.5, 0.6) is 0 Å². The second kappa shape index (κ2) is 12.3. The molecule has 0 bridgehead atoms. The Labute approximate surface area is 92.4 Å². The van der Waals surface area contributed by atoms with E-state index in [9.17, 15) is 0 Å². The first-order valence-electron chi connectivity index (χ1n) is 2.15. The van der Waals surface area contributed by atoms with Crippen molar-refractivity contribution in [2.45, 2.75) is 0 Å². The van der Waals surface area contributed by atoms with Crippen LogP contribution in [-0.2, 0) is 9.47 Å². The summed E-state index contributed by atoms with van der Waals surface area (Å²) in [5, 5.41) is 0. The Hall–Kier alpha value is 1.65. The molecule has 1 heterocycles. The molecule has 0 spiro atoms. The molecule has 1 saturated heterocycles. The van der Waals surface area contributed by atoms with E-state index in [-0.39, 0.29) is 57.0 Å². The molecule has 1 fully saturated rings. The van der Waals surface area contributed by atoms with E-state index >= 15 is 0 Å². The molecule has 1 aliphatic heterocycles. The van der Waals surface area contributed by atoms with Crippen LogP contribution in [0.4, 0.5) is 0 Å². The predicted octanol–water partition coefficient (Wildman–Crippen LogP) is -6.34. The Morgan fingerprint density at radius 3 is 1.00 bits per heavy atom. The molecule has 0 unspecified atom stereocenters. The Morgan fingerprint density at radius 1 is 0.667 bits per heavy atom. The molecule has 0 atom stereocenters. The van der Waals surface area contributed by atoms with E-state index in [1.54, 1.807) is 0 Å². The number of hydrogen-bond acceptors (Lipinski definition) is 2. The third-order valence-corrected chi connectivity index (χ3v) is 0.744. The molecule has 0 aromatic heterocycles. The summed E-state index contributed by atoms with van der Waals surface area (Å²) < 4.78 is 9.89. The minimum atomic E-state index is 0. The number of ether oxygens (including phenoxy) is 2. The average molecular weight is 272 g/mol. The Bertz CT molecular complexity index is 32.0. The summed E-state index contributed by atoms with van der Waals surface area (Å²) in [6.45, 7) is 3.11. The summed E-state index contributed by atoms with van der Waals surface area (Å²) in [5.74, 6) is 0. The maximum Gasteiger partial charge on any atom is 2.00 e. The molecule has 0 N–H and O–H groups in total. The molecule has 2 nitrogen and oxygen atoms in total. The van der Waals surface area contributed by atoms with E-state index in [0.29, 0.717) is 0 Å². The van der Waals surface area contributed by atoms with Crippen LogP contribution in [0.2, 0.25) is 0 Å². The van der Waals surface area contributed by atoms with Crippen molar-refractivity contribution < 1.29 is 43.4 Å². The summed E-state index contributed by atoms with van der Waals surface area (Å²) in [5.41, 5.74) is 0. The maximum absolute atomic E-state index is 4.94. The minimum absolute atomic E-state index is 0. The van der Waals surface area contributed by atoms with Crippen molar-refractivity contribution in [3.63, 3.8) is 0 Å². The van der Waals surface area contributed by atoms with Crippen LogP contribution in [0, 0.1) is 0 Å². The van der Waals surface area contributed by atoms with E-state index in [2.05, 4.69) is 0 Å². The first-order valence-corrected chi connectivity index (χ1v) is 2.15. The fourth-order valence-electron chi connectivity index (χ4n) is 0.440. The zero-order valence-electron chi connectivity index (χ0n) is 5.11. The topological polar surface area (TPSA) is 18.5 Å². The van der Waals surface area contributed by atoms with Crippen molar-refractivity contribution in [3.05, 3.63) is 0 Å². The fourth-order valence-corrected chi connectivity index (χ4v) is 0.440. The second-order valence-electron chi connectivity index (χ2n) is 1.22. The van der Waals surface area contributed by atoms with Gasteiger partial charge in [0.05, 0.1) is 26.4 Å². The molecule has 0 aliphatic carbocycles. The van der Waals surface area contributed by atoms with Crippen molar-refractivity contribution in [2.75, 3.05) is 26.4 Å². The minimum Gasteiger partial charge on any atom is -1.00 e. The summed E-state index contributed by atoms with van der Waals surface area (Å²) in [4.78, 5) is 0. The van der Waals surface area contributed by atoms with Crippen molar-refractivity contribution in [1.29, 1.82) is 0 Å². The molecular formula is C4H8Br2MgO2. The molecule has 0 amide bonds. The zero-order valence-corrected chi connectivity index (χ0v) is 9.69. The van der Waals surface area contributed by atoms with Crippen LogP contribution in [-0.4, -0.2) is 49.5 Å². The summed E-state index contributed by atoms with van der Waals surface area (Å²) >= 11 is 0. The van der Waals surface area contributed by atoms with Crippen LogP contribution in [0.3, 0.4) is 0 Å². The maximum atomic E-state index is 4.94. The van der Waals surface area contributed by atoms with Gasteiger partial charge in [0.25, 0.3) is 0 Å². The van der Waals surface area contributed by atoms with Crippen molar-refractivity contribution in [2.24, 2.45) is 0 Å². The van der Waals surface area contributed by atoms with Gasteiger partial charge in [-0.15, -0.1) is 0 Å². The first kappa shape index (κ1) is 16.9. The second-order valence-corrected chi connectivity index (χ2v) is 1.22. The van der Waals surface area contributed by atoms with Gasteiger partial charge in [0.2, 0.25) is 0 Å². The third kappa shape index (κ3) is 9.65. The molecule has 9 heavy (non-hydrogen) atoms. The van der Waals surface area contributed by atoms with Gasteiger partial charge in [-0.25, -0.2) is 0 Å². The van der Waals surface area contributed by atoms with Gasteiger partial charge in [-0.05, 0) is 0 Å². The van der Waals surface area contributed by atoms with E-state index in [0.717, 1.165) is 26.4 Å². The quantitative estimate of drug-likeness (QED) is 0.409. The van der Waals surface area contributed by atoms with Gasteiger partial charge in [0, 0.05) is 0 Å². The molecular weight excluding hydrogens is 264 g/mol. The van der Waals surface area contributed by atoms with Crippen molar-refractivity contribution in [3.8, 4) is 0 Å². The normalized spacial score (nSPS) is 16.0. The van der Waals surface area contributed by atoms with E-state index in [1.807, 2.05) is 0 Å². The largest absolute Gasteiger partial charge is 2.00 e. The van der Waals surface area contributed by atoms with E-state index in [1.165, 1.54) is 0 Å². The third-order valence-electron chi connectivity index (χ3n) is 0.744. The Kier molecular flexibility index (Phi) is 23.2. The summed E-state index contributed by atoms with van der Waals surface area (Å²) in [6.07, 6.45) is 0. The van der Waals surface area contributed by atoms with Crippen LogP contribution >= 0.6 is 0 Å². The molecule has 0 radical (unpaired) electrons. The molecule has 0 saturated carbocycles. The summed E-state index contributed by atoms with van der Waals surface area (Å²) in [6, 6.07) is 0. The van der Waals surface area contributed by atoms with Gasteiger partial charge in [-0.2, -0.15) is 0 Å². The molecule has 52 valence electrons. The number of rotatable bonds is 0. The fraction of sp³-hybridized carbons (Fsp3) is 1.00. The molecule has 1 rings (SSSR count). The van der Waals surface area contributed by atoms with Crippen LogP contribution in [0.15, 0.2) is 0 Å². The van der Waals surface area contributed by atoms with Crippen molar-refractivity contribution in [1.82, 2.24) is 0 Å². The molecule has 0 aromatic rings. The first-order chi connectivity index (χ1) is 3.00. The smallest absolute Gasteiger partial charge is 1.00 e. The average Bonchev–Trinajstić information content (AvgIpc) is 1.72. The number of hydrogen-bond donors (Lipinski definition) is 0. The molecule has 1 aliphatic rings. The standard InChI is InChI=1S/C4H8O2.2BrH.Mg/c1-2-6-4-3-5-1;;;/h1-4H2;2*1H;/q;;;+2/p-2. The Morgan fingerprint density at radius 2 is 0.889 bits per heavy atom. The van der Waals surface area contributed by atoms with Gasteiger partial charge < -0.3 is 43.4 Å². The van der Waals surface area contributed by atoms with Crippen LogP contribution in [0.1, 0.15) is 0 Å². The van der Waals surface area contributed by atoms with Gasteiger partial charge in [0.15, 0.2) is 0 Å². The van der Waals surface area contributed by atoms with E-state index < -0.39 is 0 Å².